The first-order chi connectivity index (χ1) is 9.99. The number of aliphatic hydroxyl groups is 1. The van der Waals surface area contributed by atoms with Crippen LogP contribution in [0.2, 0.25) is 0 Å². The van der Waals surface area contributed by atoms with E-state index in [1.54, 1.807) is 24.5 Å². The highest BCUT2D eigenvalue weighted by molar-refractivity contribution is 7.10. The topological polar surface area (TPSA) is 71.5 Å². The molecule has 0 bridgehead atoms. The molecule has 1 aliphatic heterocycles. The maximum atomic E-state index is 12.3. The first kappa shape index (κ1) is 14.0. The number of aliphatic hydroxyl groups excluding tert-OH is 1. The van der Waals surface area contributed by atoms with E-state index in [4.69, 9.17) is 4.74 Å². The molecule has 3 rings (SSSR count). The Morgan fingerprint density at radius 2 is 2.10 bits per heavy atom. The summed E-state index contributed by atoms with van der Waals surface area (Å²) in [6.07, 6.45) is 2.31. The number of rotatable bonds is 2. The Kier molecular flexibility index (Phi) is 3.43. The van der Waals surface area contributed by atoms with E-state index in [0.717, 1.165) is 10.6 Å². The summed E-state index contributed by atoms with van der Waals surface area (Å²) in [5, 5.41) is 15.3. The molecule has 2 aromatic heterocycles. The van der Waals surface area contributed by atoms with Gasteiger partial charge in [0, 0.05) is 18.0 Å². The molecule has 0 radical (unpaired) electrons. The van der Waals surface area contributed by atoms with Gasteiger partial charge in [-0.25, -0.2) is 0 Å². The molecule has 0 saturated heterocycles. The third-order valence-corrected chi connectivity index (χ3v) is 4.55. The lowest BCUT2D eigenvalue weighted by Gasteiger charge is -2.40. The molecule has 2 N–H and O–H groups in total. The average Bonchev–Trinajstić information content (AvgIpc) is 2.91. The predicted octanol–water partition coefficient (Wildman–Crippen LogP) is 2.15. The minimum Gasteiger partial charge on any atom is -0.484 e. The van der Waals surface area contributed by atoms with Gasteiger partial charge >= 0.3 is 0 Å². The van der Waals surface area contributed by atoms with Gasteiger partial charge in [0.1, 0.15) is 17.5 Å². The highest BCUT2D eigenvalue weighted by Gasteiger charge is 2.44. The number of hydrogen-bond acceptors (Lipinski definition) is 5. The largest absolute Gasteiger partial charge is 0.484 e. The second-order valence-electron chi connectivity index (χ2n) is 5.49. The van der Waals surface area contributed by atoms with Crippen LogP contribution >= 0.6 is 11.3 Å². The first-order valence-electron chi connectivity index (χ1n) is 6.64. The van der Waals surface area contributed by atoms with Crippen LogP contribution in [0.25, 0.3) is 0 Å². The number of hydrogen-bond donors (Lipinski definition) is 2. The van der Waals surface area contributed by atoms with Crippen LogP contribution in [0.1, 0.15) is 35.1 Å². The Bertz CT molecular complexity index is 654. The van der Waals surface area contributed by atoms with Gasteiger partial charge in [-0.3, -0.25) is 9.78 Å². The molecule has 2 atom stereocenters. The number of aromatic nitrogens is 1. The van der Waals surface area contributed by atoms with Crippen LogP contribution in [0.4, 0.5) is 0 Å². The van der Waals surface area contributed by atoms with Crippen molar-refractivity contribution in [3.8, 4) is 5.75 Å². The summed E-state index contributed by atoms with van der Waals surface area (Å²) >= 11 is 1.46. The number of nitrogens with zero attached hydrogens (tertiary/aromatic N) is 1. The lowest BCUT2D eigenvalue weighted by molar-refractivity contribution is -0.0612. The average molecular weight is 304 g/mol. The van der Waals surface area contributed by atoms with Gasteiger partial charge in [-0.15, -0.1) is 11.3 Å². The monoisotopic (exact) mass is 304 g/mol. The van der Waals surface area contributed by atoms with Crippen molar-refractivity contribution < 1.29 is 14.6 Å². The second kappa shape index (κ2) is 5.13. The van der Waals surface area contributed by atoms with E-state index in [9.17, 15) is 9.90 Å². The number of carbonyl (C=O) groups is 1. The number of ether oxygens (including phenoxy) is 1. The van der Waals surface area contributed by atoms with E-state index in [-0.39, 0.29) is 5.91 Å². The smallest absolute Gasteiger partial charge is 0.251 e. The van der Waals surface area contributed by atoms with Gasteiger partial charge in [0.2, 0.25) is 0 Å². The second-order valence-corrected chi connectivity index (χ2v) is 6.43. The van der Waals surface area contributed by atoms with Crippen LogP contribution in [0.3, 0.4) is 0 Å². The van der Waals surface area contributed by atoms with Crippen molar-refractivity contribution in [2.75, 3.05) is 0 Å². The molecule has 3 heterocycles. The van der Waals surface area contributed by atoms with Gasteiger partial charge in [-0.2, -0.15) is 0 Å². The SMILES string of the molecule is CC1(C)Oc2ccsc2C(NC(=O)c2ccncc2)C1O. The summed E-state index contributed by atoms with van der Waals surface area (Å²) in [5.74, 6) is 0.480. The molecule has 2 aromatic rings. The van der Waals surface area contributed by atoms with Crippen molar-refractivity contribution in [1.82, 2.24) is 10.3 Å². The van der Waals surface area contributed by atoms with E-state index < -0.39 is 17.7 Å². The van der Waals surface area contributed by atoms with Gasteiger partial charge in [-0.1, -0.05) is 0 Å². The fraction of sp³-hybridized carbons (Fsp3) is 0.333. The molecule has 5 nitrogen and oxygen atoms in total. The van der Waals surface area contributed by atoms with Crippen LogP contribution in [0, 0.1) is 0 Å². The lowest BCUT2D eigenvalue weighted by Crippen LogP contribution is -2.53. The van der Waals surface area contributed by atoms with Crippen LogP contribution < -0.4 is 10.1 Å². The predicted molar refractivity (Wildman–Crippen MR) is 79.5 cm³/mol. The summed E-state index contributed by atoms with van der Waals surface area (Å²) in [5.41, 5.74) is -0.246. The lowest BCUT2D eigenvalue weighted by atomic mass is 9.90. The molecule has 1 aliphatic rings. The summed E-state index contributed by atoms with van der Waals surface area (Å²) in [4.78, 5) is 17.0. The number of thiophene rings is 1. The highest BCUT2D eigenvalue weighted by atomic mass is 32.1. The van der Waals surface area contributed by atoms with Crippen molar-refractivity contribution in [1.29, 1.82) is 0 Å². The van der Waals surface area contributed by atoms with Crippen LogP contribution in [-0.4, -0.2) is 27.7 Å². The molecule has 0 saturated carbocycles. The van der Waals surface area contributed by atoms with E-state index in [2.05, 4.69) is 10.3 Å². The fourth-order valence-corrected chi connectivity index (χ4v) is 3.28. The van der Waals surface area contributed by atoms with Gasteiger partial charge < -0.3 is 15.2 Å². The molecular weight excluding hydrogens is 288 g/mol. The number of amides is 1. The maximum Gasteiger partial charge on any atom is 0.251 e. The van der Waals surface area contributed by atoms with Crippen LogP contribution in [0.5, 0.6) is 5.75 Å². The van der Waals surface area contributed by atoms with Crippen LogP contribution in [-0.2, 0) is 0 Å². The van der Waals surface area contributed by atoms with Crippen molar-refractivity contribution >= 4 is 17.2 Å². The van der Waals surface area contributed by atoms with Gasteiger partial charge in [0.15, 0.2) is 0 Å². The standard InChI is InChI=1S/C15H16N2O3S/c1-15(2)13(18)11(12-10(20-15)5-8-21-12)17-14(19)9-3-6-16-7-4-9/h3-8,11,13,18H,1-2H3,(H,17,19). The molecule has 0 aromatic carbocycles. The Hall–Kier alpha value is -1.92. The molecular formula is C15H16N2O3S. The highest BCUT2D eigenvalue weighted by Crippen LogP contribution is 2.42. The van der Waals surface area contributed by atoms with E-state index in [1.165, 1.54) is 11.3 Å². The summed E-state index contributed by atoms with van der Waals surface area (Å²) in [7, 11) is 0. The van der Waals surface area contributed by atoms with Gasteiger partial charge in [-0.05, 0) is 37.4 Å². The zero-order valence-corrected chi connectivity index (χ0v) is 12.6. The fourth-order valence-electron chi connectivity index (χ4n) is 2.38. The Morgan fingerprint density at radius 1 is 1.38 bits per heavy atom. The molecule has 21 heavy (non-hydrogen) atoms. The number of pyridine rings is 1. The normalized spacial score (nSPS) is 23.0. The third kappa shape index (κ3) is 2.52. The number of nitrogens with one attached hydrogen (secondary N) is 1. The molecule has 0 fully saturated rings. The van der Waals surface area contributed by atoms with Crippen molar-refractivity contribution in [2.24, 2.45) is 0 Å². The third-order valence-electron chi connectivity index (χ3n) is 3.57. The van der Waals surface area contributed by atoms with E-state index in [0.29, 0.717) is 5.56 Å². The summed E-state index contributed by atoms with van der Waals surface area (Å²) < 4.78 is 5.79. The first-order valence-corrected chi connectivity index (χ1v) is 7.52. The van der Waals surface area contributed by atoms with E-state index >= 15 is 0 Å². The molecule has 0 aliphatic carbocycles. The number of fused-ring (bicyclic) bond motifs is 1. The molecule has 6 heteroatoms. The molecule has 110 valence electrons. The Labute approximate surface area is 126 Å². The van der Waals surface area contributed by atoms with Gasteiger partial charge in [0.25, 0.3) is 5.91 Å². The Morgan fingerprint density at radius 3 is 2.81 bits per heavy atom. The molecule has 2 unspecified atom stereocenters. The minimum absolute atomic E-state index is 0.237. The number of carbonyl (C=O) groups excluding carboxylic acids is 1. The van der Waals surface area contributed by atoms with Crippen LogP contribution in [0.15, 0.2) is 36.0 Å². The summed E-state index contributed by atoms with van der Waals surface area (Å²) in [6.45, 7) is 3.62. The van der Waals surface area contributed by atoms with Crippen molar-refractivity contribution in [3.05, 3.63) is 46.4 Å². The molecule has 0 spiro atoms. The zero-order chi connectivity index (χ0) is 15.0. The Balaban J connectivity index is 1.89. The quantitative estimate of drug-likeness (QED) is 0.892. The van der Waals surface area contributed by atoms with Crippen molar-refractivity contribution in [2.45, 2.75) is 31.6 Å². The summed E-state index contributed by atoms with van der Waals surface area (Å²) in [6, 6.07) is 4.66. The van der Waals surface area contributed by atoms with Gasteiger partial charge in [0.05, 0.1) is 10.9 Å². The van der Waals surface area contributed by atoms with E-state index in [1.807, 2.05) is 25.3 Å². The van der Waals surface area contributed by atoms with Crippen molar-refractivity contribution in [3.63, 3.8) is 0 Å². The molecule has 1 amide bonds. The zero-order valence-electron chi connectivity index (χ0n) is 11.7. The minimum atomic E-state index is -0.825. The maximum absolute atomic E-state index is 12.3.